The number of rotatable bonds is 2. The molecule has 1 aromatic carbocycles. The highest BCUT2D eigenvalue weighted by Gasteiger charge is 2.12. The number of hydrogen-bond acceptors (Lipinski definition) is 1. The van der Waals surface area contributed by atoms with Crippen molar-refractivity contribution >= 4 is 5.97 Å². The molecule has 0 aliphatic carbocycles. The molecule has 0 amide bonds. The van der Waals surface area contributed by atoms with Gasteiger partial charge >= 0.3 is 5.97 Å². The normalized spacial score (nSPS) is 10.4. The Kier molecular flexibility index (Phi) is 2.52. The molecule has 0 aliphatic heterocycles. The maximum atomic E-state index is 11.0. The SMILES string of the molecule is Cc1ccc(-c2c[nH]cc2C(=O)O)cc1C. The van der Waals surface area contributed by atoms with Crippen molar-refractivity contribution in [1.29, 1.82) is 0 Å². The molecule has 82 valence electrons. The molecule has 0 saturated carbocycles. The first-order chi connectivity index (χ1) is 7.59. The fourth-order valence-electron chi connectivity index (χ4n) is 1.69. The molecule has 2 aromatic rings. The van der Waals surface area contributed by atoms with Gasteiger partial charge in [0.05, 0.1) is 5.56 Å². The zero-order valence-electron chi connectivity index (χ0n) is 9.24. The van der Waals surface area contributed by atoms with Crippen LogP contribution in [0.25, 0.3) is 11.1 Å². The Morgan fingerprint density at radius 2 is 1.94 bits per heavy atom. The summed E-state index contributed by atoms with van der Waals surface area (Å²) in [5.74, 6) is -0.908. The smallest absolute Gasteiger partial charge is 0.337 e. The summed E-state index contributed by atoms with van der Waals surface area (Å²) in [5, 5.41) is 9.02. The predicted molar refractivity (Wildman–Crippen MR) is 62.7 cm³/mol. The monoisotopic (exact) mass is 215 g/mol. The van der Waals surface area contributed by atoms with E-state index in [1.165, 1.54) is 11.8 Å². The molecule has 1 aromatic heterocycles. The van der Waals surface area contributed by atoms with Crippen molar-refractivity contribution in [3.05, 3.63) is 47.3 Å². The van der Waals surface area contributed by atoms with Gasteiger partial charge in [0.15, 0.2) is 0 Å². The summed E-state index contributed by atoms with van der Waals surface area (Å²) in [4.78, 5) is 13.8. The Balaban J connectivity index is 2.54. The highest BCUT2D eigenvalue weighted by atomic mass is 16.4. The number of carboxylic acids is 1. The second kappa shape index (κ2) is 3.85. The standard InChI is InChI=1S/C13H13NO2/c1-8-3-4-10(5-9(8)2)11-6-14-7-12(11)13(15)16/h3-7,14H,1-2H3,(H,15,16). The van der Waals surface area contributed by atoms with E-state index in [9.17, 15) is 4.79 Å². The summed E-state index contributed by atoms with van der Waals surface area (Å²) in [5.41, 5.74) is 4.34. The topological polar surface area (TPSA) is 53.1 Å². The van der Waals surface area contributed by atoms with E-state index in [4.69, 9.17) is 5.11 Å². The van der Waals surface area contributed by atoms with Crippen molar-refractivity contribution < 1.29 is 9.90 Å². The average molecular weight is 215 g/mol. The van der Waals surface area contributed by atoms with Crippen LogP contribution >= 0.6 is 0 Å². The summed E-state index contributed by atoms with van der Waals surface area (Å²) in [7, 11) is 0. The number of H-pyrrole nitrogens is 1. The lowest BCUT2D eigenvalue weighted by Crippen LogP contribution is -1.96. The van der Waals surface area contributed by atoms with Gasteiger partial charge in [-0.1, -0.05) is 18.2 Å². The number of aromatic carboxylic acids is 1. The van der Waals surface area contributed by atoms with Gasteiger partial charge in [0.25, 0.3) is 0 Å². The fraction of sp³-hybridized carbons (Fsp3) is 0.154. The summed E-state index contributed by atoms with van der Waals surface area (Å²) in [6.45, 7) is 4.06. The third kappa shape index (κ3) is 1.72. The van der Waals surface area contributed by atoms with E-state index >= 15 is 0 Å². The van der Waals surface area contributed by atoms with Crippen LogP contribution in [0, 0.1) is 13.8 Å². The lowest BCUT2D eigenvalue weighted by Gasteiger charge is -2.04. The quantitative estimate of drug-likeness (QED) is 0.809. The number of aryl methyl sites for hydroxylation is 2. The molecule has 0 fully saturated rings. The van der Waals surface area contributed by atoms with Crippen LogP contribution in [0.2, 0.25) is 0 Å². The van der Waals surface area contributed by atoms with E-state index in [-0.39, 0.29) is 0 Å². The van der Waals surface area contributed by atoms with Gasteiger partial charge in [-0.15, -0.1) is 0 Å². The molecule has 0 aliphatic rings. The molecule has 3 nitrogen and oxygen atoms in total. The number of aromatic nitrogens is 1. The van der Waals surface area contributed by atoms with Crippen LogP contribution in [0.1, 0.15) is 21.5 Å². The third-order valence-electron chi connectivity index (χ3n) is 2.79. The van der Waals surface area contributed by atoms with Gasteiger partial charge in [-0.2, -0.15) is 0 Å². The van der Waals surface area contributed by atoms with E-state index in [0.29, 0.717) is 5.56 Å². The third-order valence-corrected chi connectivity index (χ3v) is 2.79. The van der Waals surface area contributed by atoms with Gasteiger partial charge in [0.2, 0.25) is 0 Å². The number of nitrogens with one attached hydrogen (secondary N) is 1. The van der Waals surface area contributed by atoms with Crippen LogP contribution in [-0.4, -0.2) is 16.1 Å². The number of aromatic amines is 1. The minimum absolute atomic E-state index is 0.309. The van der Waals surface area contributed by atoms with Crippen molar-refractivity contribution in [3.63, 3.8) is 0 Å². The van der Waals surface area contributed by atoms with Gasteiger partial charge in [-0.25, -0.2) is 4.79 Å². The molecule has 2 rings (SSSR count). The zero-order chi connectivity index (χ0) is 11.7. The Morgan fingerprint density at radius 1 is 1.19 bits per heavy atom. The highest BCUT2D eigenvalue weighted by molar-refractivity contribution is 5.95. The molecule has 0 radical (unpaired) electrons. The van der Waals surface area contributed by atoms with Gasteiger partial charge < -0.3 is 10.1 Å². The minimum Gasteiger partial charge on any atom is -0.478 e. The number of carbonyl (C=O) groups is 1. The maximum absolute atomic E-state index is 11.0. The molecular formula is C13H13NO2. The maximum Gasteiger partial charge on any atom is 0.337 e. The van der Waals surface area contributed by atoms with Crippen molar-refractivity contribution in [2.24, 2.45) is 0 Å². The Labute approximate surface area is 93.7 Å². The molecule has 0 bridgehead atoms. The summed E-state index contributed by atoms with van der Waals surface area (Å²) in [6.07, 6.45) is 3.22. The molecule has 3 heteroatoms. The van der Waals surface area contributed by atoms with Crippen LogP contribution < -0.4 is 0 Å². The van der Waals surface area contributed by atoms with E-state index in [0.717, 1.165) is 16.7 Å². The minimum atomic E-state index is -0.908. The summed E-state index contributed by atoms with van der Waals surface area (Å²) < 4.78 is 0. The van der Waals surface area contributed by atoms with Gasteiger partial charge in [0, 0.05) is 18.0 Å². The Bertz CT molecular complexity index is 541. The summed E-state index contributed by atoms with van der Waals surface area (Å²) >= 11 is 0. The van der Waals surface area contributed by atoms with Crippen molar-refractivity contribution in [3.8, 4) is 11.1 Å². The van der Waals surface area contributed by atoms with Crippen LogP contribution in [0.5, 0.6) is 0 Å². The second-order valence-electron chi connectivity index (χ2n) is 3.89. The molecule has 0 saturated heterocycles. The molecule has 0 spiro atoms. The van der Waals surface area contributed by atoms with Gasteiger partial charge in [0.1, 0.15) is 0 Å². The van der Waals surface area contributed by atoms with Gasteiger partial charge in [-0.3, -0.25) is 0 Å². The van der Waals surface area contributed by atoms with E-state index in [1.54, 1.807) is 6.20 Å². The largest absolute Gasteiger partial charge is 0.478 e. The molecule has 1 heterocycles. The lowest BCUT2D eigenvalue weighted by molar-refractivity contribution is 0.0698. The summed E-state index contributed by atoms with van der Waals surface area (Å²) in [6, 6.07) is 5.95. The average Bonchev–Trinajstić information content (AvgIpc) is 2.71. The first kappa shape index (κ1) is 10.5. The Morgan fingerprint density at radius 3 is 2.56 bits per heavy atom. The first-order valence-corrected chi connectivity index (χ1v) is 5.07. The molecule has 16 heavy (non-hydrogen) atoms. The van der Waals surface area contributed by atoms with Crippen LogP contribution in [0.4, 0.5) is 0 Å². The van der Waals surface area contributed by atoms with E-state index < -0.39 is 5.97 Å². The Hall–Kier alpha value is -2.03. The molecule has 2 N–H and O–H groups in total. The van der Waals surface area contributed by atoms with Crippen LogP contribution in [-0.2, 0) is 0 Å². The van der Waals surface area contributed by atoms with Crippen LogP contribution in [0.3, 0.4) is 0 Å². The lowest BCUT2D eigenvalue weighted by atomic mass is 10.00. The highest BCUT2D eigenvalue weighted by Crippen LogP contribution is 2.25. The molecular weight excluding hydrogens is 202 g/mol. The van der Waals surface area contributed by atoms with E-state index in [1.807, 2.05) is 32.0 Å². The molecule has 0 atom stereocenters. The second-order valence-corrected chi connectivity index (χ2v) is 3.89. The van der Waals surface area contributed by atoms with Crippen molar-refractivity contribution in [1.82, 2.24) is 4.98 Å². The zero-order valence-corrected chi connectivity index (χ0v) is 9.24. The predicted octanol–water partition coefficient (Wildman–Crippen LogP) is 3.00. The number of carboxylic acid groups (broad SMARTS) is 1. The van der Waals surface area contributed by atoms with E-state index in [2.05, 4.69) is 4.98 Å². The van der Waals surface area contributed by atoms with Gasteiger partial charge in [-0.05, 0) is 30.5 Å². The van der Waals surface area contributed by atoms with Crippen molar-refractivity contribution in [2.45, 2.75) is 13.8 Å². The van der Waals surface area contributed by atoms with Crippen LogP contribution in [0.15, 0.2) is 30.6 Å². The number of benzene rings is 1. The first-order valence-electron chi connectivity index (χ1n) is 5.07. The number of hydrogen-bond donors (Lipinski definition) is 2. The fourth-order valence-corrected chi connectivity index (χ4v) is 1.69. The van der Waals surface area contributed by atoms with Crippen molar-refractivity contribution in [2.75, 3.05) is 0 Å². The molecule has 0 unspecified atom stereocenters.